The maximum absolute atomic E-state index is 9.04. The van der Waals surface area contributed by atoms with E-state index in [1.807, 2.05) is 6.92 Å². The normalized spacial score (nSPS) is 9.88. The van der Waals surface area contributed by atoms with Crippen molar-refractivity contribution >= 4 is 5.82 Å². The van der Waals surface area contributed by atoms with Gasteiger partial charge in [0.05, 0.1) is 18.8 Å². The van der Waals surface area contributed by atoms with Gasteiger partial charge >= 0.3 is 0 Å². The Morgan fingerprint density at radius 1 is 1.38 bits per heavy atom. The predicted octanol–water partition coefficient (Wildman–Crippen LogP) is 0.0527. The quantitative estimate of drug-likeness (QED) is 0.734. The molecule has 5 nitrogen and oxygen atoms in total. The summed E-state index contributed by atoms with van der Waals surface area (Å²) < 4.78 is 0. The van der Waals surface area contributed by atoms with Gasteiger partial charge in [-0.2, -0.15) is 5.26 Å². The van der Waals surface area contributed by atoms with Crippen molar-refractivity contribution in [2.24, 2.45) is 0 Å². The Balaban J connectivity index is 3.08. The van der Waals surface area contributed by atoms with Gasteiger partial charge in [0.1, 0.15) is 11.9 Å². The van der Waals surface area contributed by atoms with Crippen LogP contribution in [-0.2, 0) is 0 Å². The molecule has 0 saturated carbocycles. The van der Waals surface area contributed by atoms with Crippen molar-refractivity contribution in [3.8, 4) is 6.07 Å². The van der Waals surface area contributed by atoms with Gasteiger partial charge in [-0.15, -0.1) is 0 Å². The molecule has 0 aromatic carbocycles. The second-order valence-corrected chi connectivity index (χ2v) is 3.37. The maximum atomic E-state index is 9.04. The van der Waals surface area contributed by atoms with E-state index in [9.17, 15) is 0 Å². The van der Waals surface area contributed by atoms with Crippen LogP contribution in [0.2, 0.25) is 0 Å². The minimum absolute atomic E-state index is 0.0412. The fraction of sp³-hybridized carbons (Fsp3) is 0.455. The number of nitrogens with zero attached hydrogens (tertiary/aromatic N) is 3. The summed E-state index contributed by atoms with van der Waals surface area (Å²) in [6.45, 7) is 2.46. The van der Waals surface area contributed by atoms with Crippen molar-refractivity contribution in [1.29, 1.82) is 5.26 Å². The molecule has 0 amide bonds. The van der Waals surface area contributed by atoms with Crippen LogP contribution in [0.4, 0.5) is 5.82 Å². The fourth-order valence-electron chi connectivity index (χ4n) is 1.49. The van der Waals surface area contributed by atoms with Gasteiger partial charge in [0.2, 0.25) is 0 Å². The van der Waals surface area contributed by atoms with Crippen LogP contribution in [0, 0.1) is 18.3 Å². The number of aliphatic hydroxyl groups excluding tert-OH is 2. The van der Waals surface area contributed by atoms with E-state index in [4.69, 9.17) is 15.5 Å². The van der Waals surface area contributed by atoms with E-state index in [0.29, 0.717) is 24.5 Å². The van der Waals surface area contributed by atoms with Crippen molar-refractivity contribution in [1.82, 2.24) is 4.98 Å². The lowest BCUT2D eigenvalue weighted by Gasteiger charge is -2.23. The third kappa shape index (κ3) is 2.69. The molecule has 2 N–H and O–H groups in total. The predicted molar refractivity (Wildman–Crippen MR) is 60.1 cm³/mol. The average molecular weight is 221 g/mol. The largest absolute Gasteiger partial charge is 0.395 e. The lowest BCUT2D eigenvalue weighted by molar-refractivity contribution is 0.280. The van der Waals surface area contributed by atoms with E-state index in [-0.39, 0.29) is 13.2 Å². The summed E-state index contributed by atoms with van der Waals surface area (Å²) >= 11 is 0. The smallest absolute Gasteiger partial charge is 0.146 e. The molecular formula is C11H15N3O2. The number of pyridine rings is 1. The highest BCUT2D eigenvalue weighted by molar-refractivity contribution is 5.57. The molecule has 0 aliphatic heterocycles. The van der Waals surface area contributed by atoms with Gasteiger partial charge in [0, 0.05) is 19.3 Å². The van der Waals surface area contributed by atoms with Gasteiger partial charge < -0.3 is 15.1 Å². The summed E-state index contributed by atoms with van der Waals surface area (Å²) in [4.78, 5) is 5.83. The van der Waals surface area contributed by atoms with E-state index in [0.717, 1.165) is 5.56 Å². The van der Waals surface area contributed by atoms with E-state index >= 15 is 0 Å². The van der Waals surface area contributed by atoms with Crippen LogP contribution in [0.3, 0.4) is 0 Å². The number of anilines is 1. The van der Waals surface area contributed by atoms with E-state index in [1.165, 1.54) is 0 Å². The van der Waals surface area contributed by atoms with Crippen molar-refractivity contribution < 1.29 is 10.2 Å². The van der Waals surface area contributed by atoms with Gasteiger partial charge in [-0.25, -0.2) is 4.98 Å². The third-order valence-corrected chi connectivity index (χ3v) is 2.29. The first kappa shape index (κ1) is 12.4. The van der Waals surface area contributed by atoms with Gasteiger partial charge in [-0.1, -0.05) is 0 Å². The first-order valence-electron chi connectivity index (χ1n) is 5.07. The van der Waals surface area contributed by atoms with Crippen LogP contribution in [0.15, 0.2) is 12.3 Å². The molecule has 1 rings (SSSR count). The van der Waals surface area contributed by atoms with Gasteiger partial charge in [-0.3, -0.25) is 0 Å². The van der Waals surface area contributed by atoms with E-state index in [2.05, 4.69) is 11.1 Å². The number of aromatic nitrogens is 1. The molecule has 0 radical (unpaired) electrons. The topological polar surface area (TPSA) is 80.4 Å². The molecule has 1 heterocycles. The summed E-state index contributed by atoms with van der Waals surface area (Å²) in [5.74, 6) is 0.519. The van der Waals surface area contributed by atoms with Crippen LogP contribution in [0.25, 0.3) is 0 Å². The molecule has 1 aromatic heterocycles. The number of aryl methyl sites for hydroxylation is 1. The zero-order chi connectivity index (χ0) is 12.0. The Hall–Kier alpha value is -1.64. The van der Waals surface area contributed by atoms with Crippen molar-refractivity contribution in [3.63, 3.8) is 0 Å². The summed E-state index contributed by atoms with van der Waals surface area (Å²) in [5.41, 5.74) is 1.33. The lowest BCUT2D eigenvalue weighted by atomic mass is 10.1. The Bertz CT molecular complexity index is 381. The summed E-state index contributed by atoms with van der Waals surface area (Å²) in [5, 5.41) is 26.9. The SMILES string of the molecule is Cc1ccnc(N(CCO)CCO)c1C#N. The molecule has 86 valence electrons. The number of aliphatic hydroxyl groups is 2. The van der Waals surface area contributed by atoms with Gasteiger partial charge in [0.25, 0.3) is 0 Å². The van der Waals surface area contributed by atoms with Crippen LogP contribution < -0.4 is 4.90 Å². The first-order valence-corrected chi connectivity index (χ1v) is 5.07. The highest BCUT2D eigenvalue weighted by atomic mass is 16.3. The summed E-state index contributed by atoms with van der Waals surface area (Å²) in [7, 11) is 0. The van der Waals surface area contributed by atoms with Crippen molar-refractivity contribution in [2.45, 2.75) is 6.92 Å². The molecule has 0 saturated heterocycles. The minimum atomic E-state index is -0.0412. The highest BCUT2D eigenvalue weighted by Crippen LogP contribution is 2.19. The zero-order valence-electron chi connectivity index (χ0n) is 9.22. The van der Waals surface area contributed by atoms with Crippen LogP contribution in [0.5, 0.6) is 0 Å². The monoisotopic (exact) mass is 221 g/mol. The standard InChI is InChI=1S/C11H15N3O2/c1-9-2-3-13-11(10(9)8-12)14(4-6-15)5-7-16/h2-3,15-16H,4-7H2,1H3. The highest BCUT2D eigenvalue weighted by Gasteiger charge is 2.13. The fourth-order valence-corrected chi connectivity index (χ4v) is 1.49. The minimum Gasteiger partial charge on any atom is -0.395 e. The number of rotatable bonds is 5. The molecule has 0 bridgehead atoms. The molecule has 0 aliphatic carbocycles. The molecule has 0 aliphatic rings. The molecule has 0 atom stereocenters. The van der Waals surface area contributed by atoms with Crippen LogP contribution in [-0.4, -0.2) is 41.5 Å². The van der Waals surface area contributed by atoms with Crippen LogP contribution in [0.1, 0.15) is 11.1 Å². The van der Waals surface area contributed by atoms with Crippen LogP contribution >= 0.6 is 0 Å². The Morgan fingerprint density at radius 3 is 2.50 bits per heavy atom. The van der Waals surface area contributed by atoms with E-state index in [1.54, 1.807) is 17.2 Å². The number of nitriles is 1. The third-order valence-electron chi connectivity index (χ3n) is 2.29. The number of hydrogen-bond donors (Lipinski definition) is 2. The summed E-state index contributed by atoms with van der Waals surface area (Å²) in [6, 6.07) is 3.86. The lowest BCUT2D eigenvalue weighted by Crippen LogP contribution is -2.31. The Morgan fingerprint density at radius 2 is 2.00 bits per heavy atom. The zero-order valence-corrected chi connectivity index (χ0v) is 9.22. The average Bonchev–Trinajstić information content (AvgIpc) is 2.28. The Kier molecular flexibility index (Phi) is 4.70. The van der Waals surface area contributed by atoms with Crippen molar-refractivity contribution in [3.05, 3.63) is 23.4 Å². The van der Waals surface area contributed by atoms with E-state index < -0.39 is 0 Å². The summed E-state index contributed by atoms with van der Waals surface area (Å²) in [6.07, 6.45) is 1.62. The van der Waals surface area contributed by atoms with Gasteiger partial charge in [0.15, 0.2) is 0 Å². The molecule has 0 fully saturated rings. The molecule has 16 heavy (non-hydrogen) atoms. The molecule has 5 heteroatoms. The first-order chi connectivity index (χ1) is 7.74. The second kappa shape index (κ2) is 6.05. The second-order valence-electron chi connectivity index (χ2n) is 3.37. The van der Waals surface area contributed by atoms with Crippen molar-refractivity contribution in [2.75, 3.05) is 31.2 Å². The molecule has 1 aromatic rings. The molecule has 0 spiro atoms. The molecule has 0 unspecified atom stereocenters. The number of hydrogen-bond acceptors (Lipinski definition) is 5. The maximum Gasteiger partial charge on any atom is 0.146 e. The Labute approximate surface area is 94.6 Å². The van der Waals surface area contributed by atoms with Gasteiger partial charge in [-0.05, 0) is 18.6 Å². The molecular weight excluding hydrogens is 206 g/mol.